The second kappa shape index (κ2) is 5.02. The summed E-state index contributed by atoms with van der Waals surface area (Å²) in [7, 11) is 2.07. The van der Waals surface area contributed by atoms with E-state index in [4.69, 9.17) is 10.7 Å². The van der Waals surface area contributed by atoms with Crippen molar-refractivity contribution in [2.24, 2.45) is 12.8 Å². The van der Waals surface area contributed by atoms with Crippen LogP contribution in [0.15, 0.2) is 18.2 Å². The summed E-state index contributed by atoms with van der Waals surface area (Å²) in [5.74, 6) is 1.70. The summed E-state index contributed by atoms with van der Waals surface area (Å²) < 4.78 is 2.17. The summed E-state index contributed by atoms with van der Waals surface area (Å²) in [5, 5.41) is 0. The van der Waals surface area contributed by atoms with E-state index in [1.807, 2.05) is 18.2 Å². The highest BCUT2D eigenvalue weighted by molar-refractivity contribution is 6.02. The molecule has 0 aliphatic heterocycles. The predicted octanol–water partition coefficient (Wildman–Crippen LogP) is 2.76. The molecule has 0 radical (unpaired) electrons. The van der Waals surface area contributed by atoms with Gasteiger partial charge in [0.2, 0.25) is 0 Å². The SMILES string of the molecule is CC(N)C(=O)c1ccc2c(c1)nc(C1CCCC1)n2C. The minimum Gasteiger partial charge on any atom is -0.331 e. The molecule has 0 amide bonds. The van der Waals surface area contributed by atoms with Crippen LogP contribution in [-0.4, -0.2) is 21.4 Å². The number of nitrogens with two attached hydrogens (primary N) is 1. The van der Waals surface area contributed by atoms with E-state index in [1.165, 1.54) is 25.7 Å². The Labute approximate surface area is 119 Å². The standard InChI is InChI=1S/C16H21N3O/c1-10(17)15(20)12-7-8-14-13(9-12)18-16(19(14)2)11-5-3-4-6-11/h7-11H,3-6,17H2,1-2H3. The van der Waals surface area contributed by atoms with Gasteiger partial charge in [0.15, 0.2) is 5.78 Å². The third kappa shape index (κ3) is 2.14. The zero-order valence-electron chi connectivity index (χ0n) is 12.1. The van der Waals surface area contributed by atoms with Gasteiger partial charge in [-0.2, -0.15) is 0 Å². The number of rotatable bonds is 3. The summed E-state index contributed by atoms with van der Waals surface area (Å²) in [6.07, 6.45) is 5.04. The largest absolute Gasteiger partial charge is 0.331 e. The fourth-order valence-corrected chi connectivity index (χ4v) is 3.18. The fourth-order valence-electron chi connectivity index (χ4n) is 3.18. The Morgan fingerprint density at radius 1 is 1.40 bits per heavy atom. The topological polar surface area (TPSA) is 60.9 Å². The third-order valence-corrected chi connectivity index (χ3v) is 4.33. The Balaban J connectivity index is 2.04. The smallest absolute Gasteiger partial charge is 0.179 e. The van der Waals surface area contributed by atoms with Crippen LogP contribution in [0.3, 0.4) is 0 Å². The van der Waals surface area contributed by atoms with Crippen LogP contribution in [0.4, 0.5) is 0 Å². The van der Waals surface area contributed by atoms with Crippen molar-refractivity contribution < 1.29 is 4.79 Å². The highest BCUT2D eigenvalue weighted by Gasteiger charge is 2.23. The Hall–Kier alpha value is -1.68. The van der Waals surface area contributed by atoms with Crippen LogP contribution in [-0.2, 0) is 7.05 Å². The van der Waals surface area contributed by atoms with E-state index >= 15 is 0 Å². The number of ketones is 1. The zero-order valence-corrected chi connectivity index (χ0v) is 12.1. The molecule has 1 heterocycles. The van der Waals surface area contributed by atoms with Crippen LogP contribution in [0, 0.1) is 0 Å². The average molecular weight is 271 g/mol. The lowest BCUT2D eigenvalue weighted by Gasteiger charge is -2.08. The van der Waals surface area contributed by atoms with Gasteiger partial charge < -0.3 is 10.3 Å². The van der Waals surface area contributed by atoms with Crippen molar-refractivity contribution in [3.63, 3.8) is 0 Å². The maximum Gasteiger partial charge on any atom is 0.179 e. The Morgan fingerprint density at radius 2 is 2.10 bits per heavy atom. The molecule has 0 spiro atoms. The number of aromatic nitrogens is 2. The summed E-state index contributed by atoms with van der Waals surface area (Å²) in [6, 6.07) is 5.25. The first-order chi connectivity index (χ1) is 9.58. The van der Waals surface area contributed by atoms with Crippen molar-refractivity contribution >= 4 is 16.8 Å². The van der Waals surface area contributed by atoms with Crippen molar-refractivity contribution in [2.45, 2.75) is 44.6 Å². The molecule has 1 fully saturated rings. The quantitative estimate of drug-likeness (QED) is 0.873. The molecule has 106 valence electrons. The van der Waals surface area contributed by atoms with E-state index in [0.717, 1.165) is 16.9 Å². The van der Waals surface area contributed by atoms with E-state index in [9.17, 15) is 4.79 Å². The first-order valence-corrected chi connectivity index (χ1v) is 7.34. The fraction of sp³-hybridized carbons (Fsp3) is 0.500. The molecule has 0 bridgehead atoms. The number of hydrogen-bond donors (Lipinski definition) is 1. The minimum absolute atomic E-state index is 0.0278. The van der Waals surface area contributed by atoms with Gasteiger partial charge in [-0.05, 0) is 38.0 Å². The monoisotopic (exact) mass is 271 g/mol. The molecule has 1 saturated carbocycles. The van der Waals surface area contributed by atoms with Crippen LogP contribution in [0.2, 0.25) is 0 Å². The van der Waals surface area contributed by atoms with Gasteiger partial charge in [-0.3, -0.25) is 4.79 Å². The van der Waals surface area contributed by atoms with E-state index < -0.39 is 6.04 Å². The number of carbonyl (C=O) groups excluding carboxylic acids is 1. The average Bonchev–Trinajstić information content (AvgIpc) is 3.05. The minimum atomic E-state index is -0.467. The normalized spacial score (nSPS) is 17.8. The molecule has 4 heteroatoms. The first-order valence-electron chi connectivity index (χ1n) is 7.34. The lowest BCUT2D eigenvalue weighted by molar-refractivity contribution is 0.0968. The van der Waals surface area contributed by atoms with Gasteiger partial charge in [0.1, 0.15) is 5.82 Å². The van der Waals surface area contributed by atoms with E-state index in [2.05, 4.69) is 11.6 Å². The molecule has 0 saturated heterocycles. The van der Waals surface area contributed by atoms with E-state index in [1.54, 1.807) is 6.92 Å². The third-order valence-electron chi connectivity index (χ3n) is 4.33. The molecule has 3 rings (SSSR count). The number of benzene rings is 1. The van der Waals surface area contributed by atoms with E-state index in [0.29, 0.717) is 11.5 Å². The number of aryl methyl sites for hydroxylation is 1. The van der Waals surface area contributed by atoms with Crippen LogP contribution < -0.4 is 5.73 Å². The van der Waals surface area contributed by atoms with Gasteiger partial charge >= 0.3 is 0 Å². The number of carbonyl (C=O) groups is 1. The highest BCUT2D eigenvalue weighted by atomic mass is 16.1. The van der Waals surface area contributed by atoms with Crippen molar-refractivity contribution in [2.75, 3.05) is 0 Å². The number of imidazole rings is 1. The van der Waals surface area contributed by atoms with Crippen LogP contribution in [0.5, 0.6) is 0 Å². The molecule has 1 unspecified atom stereocenters. The van der Waals surface area contributed by atoms with Gasteiger partial charge in [0.05, 0.1) is 17.1 Å². The maximum atomic E-state index is 12.0. The Kier molecular flexibility index (Phi) is 3.34. The first kappa shape index (κ1) is 13.3. The van der Waals surface area contributed by atoms with Crippen LogP contribution in [0.25, 0.3) is 11.0 Å². The molecule has 2 aromatic rings. The number of nitrogens with zero attached hydrogens (tertiary/aromatic N) is 2. The number of hydrogen-bond acceptors (Lipinski definition) is 3. The molecule has 1 aromatic heterocycles. The molecule has 1 atom stereocenters. The highest BCUT2D eigenvalue weighted by Crippen LogP contribution is 2.34. The molecular weight excluding hydrogens is 250 g/mol. The van der Waals surface area contributed by atoms with Gasteiger partial charge in [0, 0.05) is 18.5 Å². The summed E-state index contributed by atoms with van der Waals surface area (Å²) in [4.78, 5) is 16.7. The molecule has 2 N–H and O–H groups in total. The summed E-state index contributed by atoms with van der Waals surface area (Å²) >= 11 is 0. The maximum absolute atomic E-state index is 12.0. The molecule has 1 aliphatic carbocycles. The second-order valence-corrected chi connectivity index (χ2v) is 5.87. The van der Waals surface area contributed by atoms with E-state index in [-0.39, 0.29) is 5.78 Å². The predicted molar refractivity (Wildman–Crippen MR) is 79.9 cm³/mol. The summed E-state index contributed by atoms with van der Waals surface area (Å²) in [5.41, 5.74) is 8.32. The van der Waals surface area contributed by atoms with Crippen molar-refractivity contribution in [3.05, 3.63) is 29.6 Å². The molecule has 1 aliphatic rings. The lowest BCUT2D eigenvalue weighted by atomic mass is 10.1. The van der Waals surface area contributed by atoms with Gasteiger partial charge in [-0.25, -0.2) is 4.98 Å². The Bertz CT molecular complexity index is 651. The van der Waals surface area contributed by atoms with Crippen molar-refractivity contribution in [3.8, 4) is 0 Å². The zero-order chi connectivity index (χ0) is 14.3. The number of Topliss-reactive ketones (excluding diaryl/α,β-unsaturated/α-hetero) is 1. The number of fused-ring (bicyclic) bond motifs is 1. The molecular formula is C16H21N3O. The van der Waals surface area contributed by atoms with Gasteiger partial charge in [-0.15, -0.1) is 0 Å². The van der Waals surface area contributed by atoms with Gasteiger partial charge in [-0.1, -0.05) is 12.8 Å². The van der Waals surface area contributed by atoms with Crippen LogP contribution in [0.1, 0.15) is 54.7 Å². The molecule has 4 nitrogen and oxygen atoms in total. The van der Waals surface area contributed by atoms with Crippen molar-refractivity contribution in [1.29, 1.82) is 0 Å². The van der Waals surface area contributed by atoms with Crippen molar-refractivity contribution in [1.82, 2.24) is 9.55 Å². The second-order valence-electron chi connectivity index (χ2n) is 5.87. The Morgan fingerprint density at radius 3 is 2.75 bits per heavy atom. The summed E-state index contributed by atoms with van der Waals surface area (Å²) in [6.45, 7) is 1.72. The molecule has 20 heavy (non-hydrogen) atoms. The molecule has 1 aromatic carbocycles. The lowest BCUT2D eigenvalue weighted by Crippen LogP contribution is -2.26. The van der Waals surface area contributed by atoms with Gasteiger partial charge in [0.25, 0.3) is 0 Å². The van der Waals surface area contributed by atoms with Crippen LogP contribution >= 0.6 is 0 Å².